The monoisotopic (exact) mass is 457 g/mol. The second-order valence-corrected chi connectivity index (χ2v) is 8.68. The molecule has 1 aliphatic carbocycles. The number of nitrogens with one attached hydrogen (secondary N) is 1. The van der Waals surface area contributed by atoms with Crippen molar-refractivity contribution in [2.45, 2.75) is 52.4 Å². The van der Waals surface area contributed by atoms with Crippen molar-refractivity contribution < 1.29 is 23.8 Å². The second kappa shape index (κ2) is 11.7. The maximum Gasteiger partial charge on any atom is 0.341 e. The number of anilines is 1. The van der Waals surface area contributed by atoms with E-state index in [9.17, 15) is 9.59 Å². The van der Waals surface area contributed by atoms with Crippen LogP contribution in [0.25, 0.3) is 6.08 Å². The Hall–Kier alpha value is -2.80. The van der Waals surface area contributed by atoms with Crippen molar-refractivity contribution in [1.29, 1.82) is 0 Å². The highest BCUT2D eigenvalue weighted by atomic mass is 32.1. The van der Waals surface area contributed by atoms with Crippen LogP contribution in [0.2, 0.25) is 0 Å². The molecule has 0 unspecified atom stereocenters. The molecule has 32 heavy (non-hydrogen) atoms. The minimum absolute atomic E-state index is 0.296. The van der Waals surface area contributed by atoms with Crippen LogP contribution in [0.15, 0.2) is 24.3 Å². The quantitative estimate of drug-likeness (QED) is 0.284. The van der Waals surface area contributed by atoms with E-state index in [2.05, 4.69) is 12.2 Å². The predicted molar refractivity (Wildman–Crippen MR) is 128 cm³/mol. The molecule has 2 aromatic rings. The van der Waals surface area contributed by atoms with E-state index < -0.39 is 5.97 Å². The molecule has 0 bridgehead atoms. The maximum atomic E-state index is 12.6. The second-order valence-electron chi connectivity index (χ2n) is 7.57. The van der Waals surface area contributed by atoms with Crippen LogP contribution in [0.3, 0.4) is 0 Å². The highest BCUT2D eigenvalue weighted by Gasteiger charge is 2.26. The van der Waals surface area contributed by atoms with Crippen LogP contribution in [-0.2, 0) is 22.4 Å². The molecule has 172 valence electrons. The van der Waals surface area contributed by atoms with Gasteiger partial charge in [-0.2, -0.15) is 0 Å². The van der Waals surface area contributed by atoms with Crippen LogP contribution in [0.4, 0.5) is 5.00 Å². The van der Waals surface area contributed by atoms with Crippen LogP contribution in [-0.4, -0.2) is 32.2 Å². The lowest BCUT2D eigenvalue weighted by Gasteiger charge is -2.12. The fourth-order valence-electron chi connectivity index (χ4n) is 3.64. The number of aryl methyl sites for hydroxylation is 1. The summed E-state index contributed by atoms with van der Waals surface area (Å²) in [5.74, 6) is 0.664. The summed E-state index contributed by atoms with van der Waals surface area (Å²) < 4.78 is 16.5. The Balaban J connectivity index is 1.73. The Bertz CT molecular complexity index is 979. The van der Waals surface area contributed by atoms with Gasteiger partial charge in [0.15, 0.2) is 11.5 Å². The molecule has 3 rings (SSSR count). The molecule has 0 spiro atoms. The molecule has 1 aromatic heterocycles. The van der Waals surface area contributed by atoms with Gasteiger partial charge in [0.2, 0.25) is 5.91 Å². The highest BCUT2D eigenvalue weighted by Crippen LogP contribution is 2.38. The van der Waals surface area contributed by atoms with Gasteiger partial charge in [0.05, 0.1) is 25.9 Å². The van der Waals surface area contributed by atoms with Crippen LogP contribution < -0.4 is 14.8 Å². The van der Waals surface area contributed by atoms with Gasteiger partial charge in [-0.1, -0.05) is 19.4 Å². The molecule has 0 radical (unpaired) electrons. The summed E-state index contributed by atoms with van der Waals surface area (Å²) in [7, 11) is 1.37. The third-order valence-electron chi connectivity index (χ3n) is 5.25. The van der Waals surface area contributed by atoms with E-state index in [0.29, 0.717) is 35.3 Å². The van der Waals surface area contributed by atoms with E-state index in [4.69, 9.17) is 14.2 Å². The van der Waals surface area contributed by atoms with Gasteiger partial charge < -0.3 is 19.5 Å². The first-order valence-electron chi connectivity index (χ1n) is 11.2. The molecule has 1 aliphatic rings. The number of hydrogen-bond acceptors (Lipinski definition) is 6. The molecule has 0 atom stereocenters. The molecule has 0 saturated heterocycles. The van der Waals surface area contributed by atoms with Crippen LogP contribution in [0.1, 0.15) is 65.9 Å². The van der Waals surface area contributed by atoms with E-state index in [1.807, 2.05) is 25.1 Å². The molecule has 6 nitrogen and oxygen atoms in total. The zero-order valence-corrected chi connectivity index (χ0v) is 19.8. The van der Waals surface area contributed by atoms with Crippen LogP contribution >= 0.6 is 11.3 Å². The molecule has 1 aromatic carbocycles. The summed E-state index contributed by atoms with van der Waals surface area (Å²) in [4.78, 5) is 26.1. The van der Waals surface area contributed by atoms with Gasteiger partial charge in [0.25, 0.3) is 0 Å². The number of benzene rings is 1. The van der Waals surface area contributed by atoms with Gasteiger partial charge in [-0.15, -0.1) is 11.3 Å². The Kier molecular flexibility index (Phi) is 8.73. The number of rotatable bonds is 10. The number of unbranched alkanes of at least 4 members (excludes halogenated alkanes) is 1. The lowest BCUT2D eigenvalue weighted by atomic mass is 9.95. The number of fused-ring (bicyclic) bond motifs is 1. The third-order valence-corrected chi connectivity index (χ3v) is 6.46. The minimum atomic E-state index is -0.399. The van der Waals surface area contributed by atoms with Crippen molar-refractivity contribution >= 4 is 34.3 Å². The highest BCUT2D eigenvalue weighted by molar-refractivity contribution is 7.17. The van der Waals surface area contributed by atoms with Gasteiger partial charge >= 0.3 is 5.97 Å². The normalized spacial score (nSPS) is 13.0. The van der Waals surface area contributed by atoms with Gasteiger partial charge in [-0.05, 0) is 68.4 Å². The average Bonchev–Trinajstić information content (AvgIpc) is 3.16. The molecule has 1 N–H and O–H groups in total. The first kappa shape index (κ1) is 23.9. The van der Waals surface area contributed by atoms with E-state index in [-0.39, 0.29) is 5.91 Å². The largest absolute Gasteiger partial charge is 0.490 e. The predicted octanol–water partition coefficient (Wildman–Crippen LogP) is 5.64. The summed E-state index contributed by atoms with van der Waals surface area (Å²) in [6.45, 7) is 5.20. The summed E-state index contributed by atoms with van der Waals surface area (Å²) in [5.41, 5.74) is 2.35. The van der Waals surface area contributed by atoms with Crippen molar-refractivity contribution in [3.05, 3.63) is 45.8 Å². The average molecular weight is 458 g/mol. The van der Waals surface area contributed by atoms with E-state index in [0.717, 1.165) is 54.5 Å². The molecule has 1 amide bonds. The molecule has 0 saturated carbocycles. The summed E-state index contributed by atoms with van der Waals surface area (Å²) in [5, 5.41) is 3.44. The molecule has 0 aliphatic heterocycles. The van der Waals surface area contributed by atoms with Gasteiger partial charge in [-0.3, -0.25) is 4.79 Å². The number of carbonyl (C=O) groups excluding carboxylic acids is 2. The number of ether oxygens (including phenoxy) is 3. The third kappa shape index (κ3) is 5.91. The minimum Gasteiger partial charge on any atom is -0.490 e. The Labute approximate surface area is 193 Å². The van der Waals surface area contributed by atoms with Crippen molar-refractivity contribution in [2.24, 2.45) is 0 Å². The van der Waals surface area contributed by atoms with Gasteiger partial charge in [-0.25, -0.2) is 4.79 Å². The van der Waals surface area contributed by atoms with E-state index in [1.54, 1.807) is 6.08 Å². The zero-order chi connectivity index (χ0) is 22.9. The smallest absolute Gasteiger partial charge is 0.341 e. The first-order chi connectivity index (χ1) is 15.6. The van der Waals surface area contributed by atoms with Crippen LogP contribution in [0.5, 0.6) is 11.5 Å². The number of methoxy groups -OCH3 is 1. The SMILES string of the molecule is CCCCOc1ccc(/C=C/C(=O)Nc2sc3c(c2C(=O)OC)CCCC3)cc1OCC. The summed E-state index contributed by atoms with van der Waals surface area (Å²) >= 11 is 1.47. The molecular formula is C25H31NO5S. The number of esters is 1. The standard InChI is InChI=1S/C25H31NO5S/c1-4-6-15-31-19-13-11-17(16-20(19)30-5-2)12-14-22(27)26-24-23(25(28)29-3)18-9-7-8-10-21(18)32-24/h11-14,16H,4-10,15H2,1-3H3,(H,26,27)/b14-12+. The van der Waals surface area contributed by atoms with Gasteiger partial charge in [0.1, 0.15) is 5.00 Å². The number of carbonyl (C=O) groups is 2. The van der Waals surface area contributed by atoms with Crippen molar-refractivity contribution in [1.82, 2.24) is 0 Å². The van der Waals surface area contributed by atoms with Gasteiger partial charge in [0, 0.05) is 11.0 Å². The maximum absolute atomic E-state index is 12.6. The Morgan fingerprint density at radius 2 is 1.94 bits per heavy atom. The Morgan fingerprint density at radius 1 is 1.12 bits per heavy atom. The topological polar surface area (TPSA) is 73.9 Å². The molecule has 7 heteroatoms. The van der Waals surface area contributed by atoms with Crippen molar-refractivity contribution in [2.75, 3.05) is 25.6 Å². The molecule has 1 heterocycles. The molecule has 0 fully saturated rings. The van der Waals surface area contributed by atoms with E-state index in [1.165, 1.54) is 24.5 Å². The van der Waals surface area contributed by atoms with Crippen molar-refractivity contribution in [3.63, 3.8) is 0 Å². The fourth-order valence-corrected chi connectivity index (χ4v) is 4.92. The van der Waals surface area contributed by atoms with Crippen molar-refractivity contribution in [3.8, 4) is 11.5 Å². The lowest BCUT2D eigenvalue weighted by Crippen LogP contribution is -2.13. The van der Waals surface area contributed by atoms with Crippen LogP contribution in [0, 0.1) is 0 Å². The first-order valence-corrected chi connectivity index (χ1v) is 12.0. The number of amides is 1. The zero-order valence-electron chi connectivity index (χ0n) is 19.0. The lowest BCUT2D eigenvalue weighted by molar-refractivity contribution is -0.111. The number of hydrogen-bond donors (Lipinski definition) is 1. The van der Waals surface area contributed by atoms with E-state index >= 15 is 0 Å². The molecular weight excluding hydrogens is 426 g/mol. The Morgan fingerprint density at radius 3 is 2.69 bits per heavy atom. The summed E-state index contributed by atoms with van der Waals surface area (Å²) in [6, 6.07) is 5.61. The summed E-state index contributed by atoms with van der Waals surface area (Å²) in [6.07, 6.45) is 9.14. The number of thiophene rings is 1. The fraction of sp³-hybridized carbons (Fsp3) is 0.440.